The number of aryl methyl sites for hydroxylation is 1. The highest BCUT2D eigenvalue weighted by molar-refractivity contribution is 5.99. The van der Waals surface area contributed by atoms with Gasteiger partial charge in [0.25, 0.3) is 5.91 Å². The van der Waals surface area contributed by atoms with E-state index >= 15 is 0 Å². The molecule has 0 bridgehead atoms. The summed E-state index contributed by atoms with van der Waals surface area (Å²) in [5, 5.41) is 4.13. The van der Waals surface area contributed by atoms with Crippen LogP contribution in [0.25, 0.3) is 10.9 Å². The van der Waals surface area contributed by atoms with Gasteiger partial charge in [0.2, 0.25) is 0 Å². The molecule has 3 heterocycles. The fourth-order valence-electron chi connectivity index (χ4n) is 4.47. The van der Waals surface area contributed by atoms with Gasteiger partial charge in [-0.15, -0.1) is 0 Å². The van der Waals surface area contributed by atoms with Crippen molar-refractivity contribution in [1.29, 1.82) is 0 Å². The Labute approximate surface area is 160 Å². The van der Waals surface area contributed by atoms with Crippen LogP contribution in [0.4, 0.5) is 0 Å². The van der Waals surface area contributed by atoms with Crippen molar-refractivity contribution in [1.82, 2.24) is 14.8 Å². The summed E-state index contributed by atoms with van der Waals surface area (Å²) in [6.45, 7) is 4.86. The third-order valence-electron chi connectivity index (χ3n) is 5.99. The van der Waals surface area contributed by atoms with Crippen molar-refractivity contribution in [2.45, 2.75) is 31.8 Å². The molecule has 0 spiro atoms. The van der Waals surface area contributed by atoms with Crippen LogP contribution in [0.5, 0.6) is 0 Å². The summed E-state index contributed by atoms with van der Waals surface area (Å²) in [7, 11) is 3.78. The van der Waals surface area contributed by atoms with E-state index in [0.29, 0.717) is 19.2 Å². The van der Waals surface area contributed by atoms with Gasteiger partial charge < -0.3 is 19.4 Å². The first-order chi connectivity index (χ1) is 13.2. The molecule has 146 valence electrons. The Balaban J connectivity index is 1.61. The standard InChI is InChI=1S/C21H29N3O3/c1-23-19-4-3-15(21(25)22-8-12-26-2)13-17(19)18-14-24(9-5-20(18)23)16-6-10-27-11-7-16/h3-4,13,16H,5-12,14H2,1-2H3,(H,22,25). The monoisotopic (exact) mass is 371 g/mol. The van der Waals surface area contributed by atoms with Gasteiger partial charge >= 0.3 is 0 Å². The van der Waals surface area contributed by atoms with E-state index < -0.39 is 0 Å². The maximum Gasteiger partial charge on any atom is 0.251 e. The van der Waals surface area contributed by atoms with Crippen molar-refractivity contribution in [2.24, 2.45) is 7.05 Å². The Kier molecular flexibility index (Phi) is 5.48. The molecule has 1 aromatic carbocycles. The Morgan fingerprint density at radius 3 is 2.93 bits per heavy atom. The number of hydrogen-bond acceptors (Lipinski definition) is 4. The number of nitrogens with zero attached hydrogens (tertiary/aromatic N) is 2. The Bertz CT molecular complexity index is 824. The molecule has 0 unspecified atom stereocenters. The number of fused-ring (bicyclic) bond motifs is 3. The van der Waals surface area contributed by atoms with E-state index in [1.54, 1.807) is 7.11 Å². The van der Waals surface area contributed by atoms with Crippen LogP contribution < -0.4 is 5.32 Å². The minimum Gasteiger partial charge on any atom is -0.383 e. The quantitative estimate of drug-likeness (QED) is 0.818. The molecular weight excluding hydrogens is 342 g/mol. The third kappa shape index (κ3) is 3.61. The first-order valence-electron chi connectivity index (χ1n) is 9.88. The fraction of sp³-hybridized carbons (Fsp3) is 0.571. The minimum absolute atomic E-state index is 0.0383. The van der Waals surface area contributed by atoms with Crippen LogP contribution in [0.2, 0.25) is 0 Å². The van der Waals surface area contributed by atoms with E-state index in [-0.39, 0.29) is 5.91 Å². The van der Waals surface area contributed by atoms with Crippen LogP contribution in [0.15, 0.2) is 18.2 Å². The highest BCUT2D eigenvalue weighted by Gasteiger charge is 2.28. The van der Waals surface area contributed by atoms with Gasteiger partial charge in [-0.25, -0.2) is 0 Å². The van der Waals surface area contributed by atoms with E-state index in [2.05, 4.69) is 34.0 Å². The van der Waals surface area contributed by atoms with Gasteiger partial charge in [0.05, 0.1) is 6.61 Å². The molecule has 1 saturated heterocycles. The second kappa shape index (κ2) is 8.00. The number of amides is 1. The summed E-state index contributed by atoms with van der Waals surface area (Å²) in [6, 6.07) is 6.68. The molecular formula is C21H29N3O3. The molecule has 1 N–H and O–H groups in total. The normalized spacial score (nSPS) is 18.6. The Morgan fingerprint density at radius 1 is 1.33 bits per heavy atom. The molecule has 6 heteroatoms. The topological polar surface area (TPSA) is 55.7 Å². The lowest BCUT2D eigenvalue weighted by Gasteiger charge is -2.37. The lowest BCUT2D eigenvalue weighted by molar-refractivity contribution is 0.0289. The Morgan fingerprint density at radius 2 is 2.15 bits per heavy atom. The number of aromatic nitrogens is 1. The zero-order chi connectivity index (χ0) is 18.8. The van der Waals surface area contributed by atoms with E-state index in [1.807, 2.05) is 6.07 Å². The first kappa shape index (κ1) is 18.5. The zero-order valence-electron chi connectivity index (χ0n) is 16.3. The van der Waals surface area contributed by atoms with Crippen LogP contribution in [-0.2, 0) is 29.5 Å². The van der Waals surface area contributed by atoms with Crippen LogP contribution in [0, 0.1) is 0 Å². The molecule has 27 heavy (non-hydrogen) atoms. The van der Waals surface area contributed by atoms with Gasteiger partial charge in [0.15, 0.2) is 0 Å². The van der Waals surface area contributed by atoms with Crippen molar-refractivity contribution in [3.8, 4) is 0 Å². The first-order valence-corrected chi connectivity index (χ1v) is 9.88. The summed E-state index contributed by atoms with van der Waals surface area (Å²) in [5.74, 6) is -0.0383. The maximum absolute atomic E-state index is 12.5. The molecule has 2 aliphatic heterocycles. The molecule has 2 aliphatic rings. The van der Waals surface area contributed by atoms with Crippen molar-refractivity contribution in [2.75, 3.05) is 40.0 Å². The van der Waals surface area contributed by atoms with Crippen LogP contribution in [0.3, 0.4) is 0 Å². The van der Waals surface area contributed by atoms with Crippen LogP contribution in [-0.4, -0.2) is 61.4 Å². The number of carbonyl (C=O) groups is 1. The maximum atomic E-state index is 12.5. The predicted molar refractivity (Wildman–Crippen MR) is 105 cm³/mol. The average molecular weight is 371 g/mol. The summed E-state index contributed by atoms with van der Waals surface area (Å²) >= 11 is 0. The van der Waals surface area contributed by atoms with E-state index in [0.717, 1.165) is 51.1 Å². The highest BCUT2D eigenvalue weighted by atomic mass is 16.5. The fourth-order valence-corrected chi connectivity index (χ4v) is 4.47. The summed E-state index contributed by atoms with van der Waals surface area (Å²) < 4.78 is 12.8. The molecule has 4 rings (SSSR count). The zero-order valence-corrected chi connectivity index (χ0v) is 16.3. The van der Waals surface area contributed by atoms with Gasteiger partial charge in [-0.05, 0) is 36.6 Å². The van der Waals surface area contributed by atoms with Gasteiger partial charge in [-0.2, -0.15) is 0 Å². The Hall–Kier alpha value is -1.89. The second-order valence-electron chi connectivity index (χ2n) is 7.53. The van der Waals surface area contributed by atoms with Crippen LogP contribution >= 0.6 is 0 Å². The number of ether oxygens (including phenoxy) is 2. The predicted octanol–water partition coefficient (Wildman–Crippen LogP) is 2.09. The van der Waals surface area contributed by atoms with Crippen LogP contribution in [0.1, 0.15) is 34.5 Å². The van der Waals surface area contributed by atoms with E-state index in [1.165, 1.54) is 22.2 Å². The van der Waals surface area contributed by atoms with Crippen molar-refractivity contribution in [3.05, 3.63) is 35.0 Å². The number of benzene rings is 1. The van der Waals surface area contributed by atoms with Crippen molar-refractivity contribution >= 4 is 16.8 Å². The van der Waals surface area contributed by atoms with Crippen molar-refractivity contribution < 1.29 is 14.3 Å². The molecule has 0 saturated carbocycles. The van der Waals surface area contributed by atoms with Crippen molar-refractivity contribution in [3.63, 3.8) is 0 Å². The molecule has 0 aliphatic carbocycles. The summed E-state index contributed by atoms with van der Waals surface area (Å²) in [6.07, 6.45) is 3.30. The van der Waals surface area contributed by atoms with E-state index in [9.17, 15) is 4.79 Å². The molecule has 0 atom stereocenters. The minimum atomic E-state index is -0.0383. The summed E-state index contributed by atoms with van der Waals surface area (Å²) in [5.41, 5.74) is 4.72. The smallest absolute Gasteiger partial charge is 0.251 e. The largest absolute Gasteiger partial charge is 0.383 e. The molecule has 1 aromatic heterocycles. The summed E-state index contributed by atoms with van der Waals surface area (Å²) in [4.78, 5) is 15.1. The molecule has 0 radical (unpaired) electrons. The van der Waals surface area contributed by atoms with Gasteiger partial charge in [0.1, 0.15) is 0 Å². The second-order valence-corrected chi connectivity index (χ2v) is 7.53. The number of rotatable bonds is 5. The van der Waals surface area contributed by atoms with Gasteiger partial charge in [-0.1, -0.05) is 0 Å². The number of hydrogen-bond donors (Lipinski definition) is 1. The molecule has 1 amide bonds. The lowest BCUT2D eigenvalue weighted by atomic mass is 9.99. The molecule has 6 nitrogen and oxygen atoms in total. The third-order valence-corrected chi connectivity index (χ3v) is 5.99. The molecule has 2 aromatic rings. The molecule has 1 fully saturated rings. The number of nitrogens with one attached hydrogen (secondary N) is 1. The SMILES string of the molecule is COCCNC(=O)c1ccc2c(c1)c1c(n2C)CCN(C2CCOCC2)C1. The average Bonchev–Trinajstić information content (AvgIpc) is 3.00. The highest BCUT2D eigenvalue weighted by Crippen LogP contribution is 2.32. The number of carbonyl (C=O) groups excluding carboxylic acids is 1. The lowest BCUT2D eigenvalue weighted by Crippen LogP contribution is -2.42. The number of methoxy groups -OCH3 is 1. The van der Waals surface area contributed by atoms with Gasteiger partial charge in [0, 0.05) is 81.6 Å². The van der Waals surface area contributed by atoms with Gasteiger partial charge in [-0.3, -0.25) is 9.69 Å². The van der Waals surface area contributed by atoms with E-state index in [4.69, 9.17) is 9.47 Å².